The highest BCUT2D eigenvalue weighted by molar-refractivity contribution is 7.80. The third kappa shape index (κ3) is 5.89. The maximum absolute atomic E-state index is 11.9. The lowest BCUT2D eigenvalue weighted by molar-refractivity contribution is -0.120. The van der Waals surface area contributed by atoms with Gasteiger partial charge < -0.3 is 15.4 Å². The first kappa shape index (κ1) is 18.4. The molecule has 2 rings (SSSR count). The van der Waals surface area contributed by atoms with Gasteiger partial charge in [-0.15, -0.1) is 0 Å². The number of nitrogens with one attached hydrogen (secondary N) is 3. The third-order valence-corrected chi connectivity index (χ3v) is 3.59. The second kappa shape index (κ2) is 9.39. The van der Waals surface area contributed by atoms with Crippen molar-refractivity contribution in [2.75, 3.05) is 13.7 Å². The molecule has 2 amide bonds. The van der Waals surface area contributed by atoms with E-state index >= 15 is 0 Å². The van der Waals surface area contributed by atoms with Crippen molar-refractivity contribution in [1.82, 2.24) is 16.0 Å². The number of benzene rings is 2. The molecule has 0 atom stereocenters. The monoisotopic (exact) mass is 357 g/mol. The van der Waals surface area contributed by atoms with E-state index in [4.69, 9.17) is 17.0 Å². The van der Waals surface area contributed by atoms with Crippen molar-refractivity contribution in [3.8, 4) is 5.75 Å². The number of para-hydroxylation sites is 1. The van der Waals surface area contributed by atoms with Gasteiger partial charge in [0, 0.05) is 17.7 Å². The molecular weight excluding hydrogens is 338 g/mol. The first-order valence-electron chi connectivity index (χ1n) is 7.63. The van der Waals surface area contributed by atoms with Gasteiger partial charge in [-0.2, -0.15) is 0 Å². The number of amides is 2. The zero-order valence-electron chi connectivity index (χ0n) is 13.7. The highest BCUT2D eigenvalue weighted by atomic mass is 32.1. The summed E-state index contributed by atoms with van der Waals surface area (Å²) in [5.74, 6) is 0.135. The fourth-order valence-electron chi connectivity index (χ4n) is 2.07. The third-order valence-electron chi connectivity index (χ3n) is 3.34. The van der Waals surface area contributed by atoms with Crippen LogP contribution >= 0.6 is 12.2 Å². The van der Waals surface area contributed by atoms with Crippen LogP contribution in [0, 0.1) is 0 Å². The van der Waals surface area contributed by atoms with Crippen LogP contribution < -0.4 is 20.7 Å². The summed E-state index contributed by atoms with van der Waals surface area (Å²) in [5, 5.41) is 8.09. The standard InChI is InChI=1S/C18H19N3O3S/c1-24-15-10-6-5-9-14(15)11-19-16(22)12-20-18(25)21-17(23)13-7-3-2-4-8-13/h2-10H,11-12H2,1H3,(H,19,22)(H2,20,21,23,25). The van der Waals surface area contributed by atoms with Crippen molar-refractivity contribution in [2.45, 2.75) is 6.54 Å². The van der Waals surface area contributed by atoms with Gasteiger partial charge in [-0.05, 0) is 30.4 Å². The molecule has 0 bridgehead atoms. The van der Waals surface area contributed by atoms with E-state index in [9.17, 15) is 9.59 Å². The van der Waals surface area contributed by atoms with Gasteiger partial charge in [-0.25, -0.2) is 0 Å². The van der Waals surface area contributed by atoms with Crippen LogP contribution in [0.25, 0.3) is 0 Å². The molecule has 3 N–H and O–H groups in total. The molecule has 6 nitrogen and oxygen atoms in total. The van der Waals surface area contributed by atoms with Crippen molar-refractivity contribution in [2.24, 2.45) is 0 Å². The fraction of sp³-hybridized carbons (Fsp3) is 0.167. The molecule has 0 saturated carbocycles. The van der Waals surface area contributed by atoms with E-state index in [1.807, 2.05) is 30.3 Å². The number of hydrogen-bond acceptors (Lipinski definition) is 4. The Labute approximate surface area is 151 Å². The van der Waals surface area contributed by atoms with Gasteiger partial charge in [-0.1, -0.05) is 36.4 Å². The molecule has 7 heteroatoms. The Balaban J connectivity index is 1.74. The van der Waals surface area contributed by atoms with E-state index in [1.54, 1.807) is 31.4 Å². The molecule has 0 unspecified atom stereocenters. The van der Waals surface area contributed by atoms with Crippen LogP contribution in [-0.2, 0) is 11.3 Å². The number of thiocarbonyl (C=S) groups is 1. The fourth-order valence-corrected chi connectivity index (χ4v) is 2.24. The molecule has 130 valence electrons. The van der Waals surface area contributed by atoms with E-state index in [1.165, 1.54) is 0 Å². The van der Waals surface area contributed by atoms with Crippen LogP contribution in [0.15, 0.2) is 54.6 Å². The van der Waals surface area contributed by atoms with Gasteiger partial charge in [0.2, 0.25) is 5.91 Å². The minimum Gasteiger partial charge on any atom is -0.496 e. The van der Waals surface area contributed by atoms with E-state index in [0.29, 0.717) is 17.9 Å². The molecule has 2 aromatic carbocycles. The number of methoxy groups -OCH3 is 1. The van der Waals surface area contributed by atoms with Gasteiger partial charge in [0.25, 0.3) is 5.91 Å². The Hall–Kier alpha value is -2.93. The van der Waals surface area contributed by atoms with Crippen LogP contribution in [0.2, 0.25) is 0 Å². The molecule has 0 heterocycles. The lowest BCUT2D eigenvalue weighted by Crippen LogP contribution is -2.43. The average molecular weight is 357 g/mol. The molecule has 0 aliphatic carbocycles. The smallest absolute Gasteiger partial charge is 0.257 e. The number of ether oxygens (including phenoxy) is 1. The largest absolute Gasteiger partial charge is 0.496 e. The van der Waals surface area contributed by atoms with E-state index < -0.39 is 0 Å². The summed E-state index contributed by atoms with van der Waals surface area (Å²) in [6.45, 7) is 0.302. The summed E-state index contributed by atoms with van der Waals surface area (Å²) in [7, 11) is 1.58. The second-order valence-electron chi connectivity index (χ2n) is 5.09. The highest BCUT2D eigenvalue weighted by Gasteiger charge is 2.09. The van der Waals surface area contributed by atoms with Crippen molar-refractivity contribution in [1.29, 1.82) is 0 Å². The topological polar surface area (TPSA) is 79.5 Å². The van der Waals surface area contributed by atoms with Crippen LogP contribution in [0.5, 0.6) is 5.75 Å². The summed E-state index contributed by atoms with van der Waals surface area (Å²) < 4.78 is 5.23. The van der Waals surface area contributed by atoms with Crippen LogP contribution in [0.1, 0.15) is 15.9 Å². The maximum Gasteiger partial charge on any atom is 0.257 e. The maximum atomic E-state index is 11.9. The van der Waals surface area contributed by atoms with Crippen LogP contribution in [0.3, 0.4) is 0 Å². The Morgan fingerprint density at radius 2 is 1.68 bits per heavy atom. The van der Waals surface area contributed by atoms with Crippen molar-refractivity contribution < 1.29 is 14.3 Å². The molecule has 0 aromatic heterocycles. The molecule has 2 aromatic rings. The summed E-state index contributed by atoms with van der Waals surface area (Å²) in [4.78, 5) is 23.8. The Morgan fingerprint density at radius 3 is 2.40 bits per heavy atom. The lowest BCUT2D eigenvalue weighted by Gasteiger charge is -2.11. The van der Waals surface area contributed by atoms with Crippen LogP contribution in [-0.4, -0.2) is 30.6 Å². The number of rotatable bonds is 6. The first-order valence-corrected chi connectivity index (χ1v) is 8.04. The van der Waals surface area contributed by atoms with E-state index in [2.05, 4.69) is 16.0 Å². The Kier molecular flexibility index (Phi) is 6.91. The minimum absolute atomic E-state index is 0.0386. The Bertz CT molecular complexity index is 750. The average Bonchev–Trinajstić information content (AvgIpc) is 2.65. The van der Waals surface area contributed by atoms with Crippen molar-refractivity contribution in [3.63, 3.8) is 0 Å². The Morgan fingerprint density at radius 1 is 1.00 bits per heavy atom. The SMILES string of the molecule is COc1ccccc1CNC(=O)CNC(=S)NC(=O)c1ccccc1. The molecule has 0 aliphatic rings. The summed E-state index contributed by atoms with van der Waals surface area (Å²) in [5.41, 5.74) is 1.37. The highest BCUT2D eigenvalue weighted by Crippen LogP contribution is 2.16. The van der Waals surface area contributed by atoms with Crippen LogP contribution in [0.4, 0.5) is 0 Å². The van der Waals surface area contributed by atoms with Crippen molar-refractivity contribution in [3.05, 3.63) is 65.7 Å². The zero-order valence-corrected chi connectivity index (χ0v) is 14.6. The summed E-state index contributed by atoms with van der Waals surface area (Å²) in [6, 6.07) is 16.1. The van der Waals surface area contributed by atoms with E-state index in [0.717, 1.165) is 5.56 Å². The predicted molar refractivity (Wildman–Crippen MR) is 99.3 cm³/mol. The summed E-state index contributed by atoms with van der Waals surface area (Å²) >= 11 is 5.02. The first-order chi connectivity index (χ1) is 12.1. The number of hydrogen-bond donors (Lipinski definition) is 3. The number of carbonyl (C=O) groups excluding carboxylic acids is 2. The molecule has 0 fully saturated rings. The molecule has 0 aliphatic heterocycles. The second-order valence-corrected chi connectivity index (χ2v) is 5.50. The quantitative estimate of drug-likeness (QED) is 0.685. The van der Waals surface area contributed by atoms with Gasteiger partial charge in [-0.3, -0.25) is 14.9 Å². The normalized spacial score (nSPS) is 9.80. The molecule has 0 spiro atoms. The zero-order chi connectivity index (χ0) is 18.1. The predicted octanol–water partition coefficient (Wildman–Crippen LogP) is 1.62. The molecule has 0 saturated heterocycles. The number of carbonyl (C=O) groups is 2. The van der Waals surface area contributed by atoms with Gasteiger partial charge in [0.05, 0.1) is 13.7 Å². The van der Waals surface area contributed by atoms with Gasteiger partial charge >= 0.3 is 0 Å². The minimum atomic E-state index is -0.326. The lowest BCUT2D eigenvalue weighted by atomic mass is 10.2. The summed E-state index contributed by atoms with van der Waals surface area (Å²) in [6.07, 6.45) is 0. The van der Waals surface area contributed by atoms with E-state index in [-0.39, 0.29) is 23.5 Å². The molecular formula is C18H19N3O3S. The van der Waals surface area contributed by atoms with Gasteiger partial charge in [0.1, 0.15) is 5.75 Å². The molecule has 0 radical (unpaired) electrons. The van der Waals surface area contributed by atoms with Crippen molar-refractivity contribution >= 4 is 29.1 Å². The van der Waals surface area contributed by atoms with Gasteiger partial charge in [0.15, 0.2) is 5.11 Å². The molecule has 25 heavy (non-hydrogen) atoms.